The van der Waals surface area contributed by atoms with Crippen molar-refractivity contribution in [2.75, 3.05) is 26.1 Å². The minimum atomic E-state index is -0.325. The van der Waals surface area contributed by atoms with Crippen molar-refractivity contribution in [1.82, 2.24) is 0 Å². The topological polar surface area (TPSA) is 61.5 Å². The van der Waals surface area contributed by atoms with Crippen LogP contribution >= 0.6 is 0 Å². The average Bonchev–Trinajstić information content (AvgIpc) is 2.32. The van der Waals surface area contributed by atoms with E-state index in [-0.39, 0.29) is 5.97 Å². The van der Waals surface area contributed by atoms with Gasteiger partial charge in [0.2, 0.25) is 0 Å². The Balaban J connectivity index is 2.39. The van der Waals surface area contributed by atoms with Gasteiger partial charge in [-0.15, -0.1) is 0 Å². The molecule has 0 saturated heterocycles. The van der Waals surface area contributed by atoms with Crippen LogP contribution in [-0.4, -0.2) is 26.3 Å². The molecule has 1 aromatic carbocycles. The number of esters is 1. The summed E-state index contributed by atoms with van der Waals surface area (Å²) in [4.78, 5) is 11.6. The second-order valence-electron chi connectivity index (χ2n) is 3.91. The molecule has 0 bridgehead atoms. The van der Waals surface area contributed by atoms with E-state index in [4.69, 9.17) is 15.2 Å². The molecule has 0 unspecified atom stereocenters. The molecule has 0 aliphatic heterocycles. The molecule has 0 fully saturated rings. The fraction of sp³-hybridized carbons (Fsp3) is 0.462. The van der Waals surface area contributed by atoms with Crippen LogP contribution in [0.2, 0.25) is 0 Å². The van der Waals surface area contributed by atoms with Gasteiger partial charge >= 0.3 is 5.97 Å². The number of unbranched alkanes of at least 4 members (excludes halogenated alkanes) is 1. The molecule has 0 amide bonds. The maximum atomic E-state index is 11.6. The number of anilines is 1. The van der Waals surface area contributed by atoms with E-state index in [1.54, 1.807) is 19.2 Å². The summed E-state index contributed by atoms with van der Waals surface area (Å²) in [6, 6.07) is 5.19. The molecule has 0 aliphatic carbocycles. The molecule has 0 aromatic heterocycles. The summed E-state index contributed by atoms with van der Waals surface area (Å²) in [7, 11) is 1.65. The van der Waals surface area contributed by atoms with E-state index in [2.05, 4.69) is 0 Å². The molecule has 0 aliphatic rings. The van der Waals surface area contributed by atoms with E-state index < -0.39 is 0 Å². The first kappa shape index (κ1) is 13.5. The lowest BCUT2D eigenvalue weighted by atomic mass is 10.1. The van der Waals surface area contributed by atoms with Crippen LogP contribution < -0.4 is 5.73 Å². The molecule has 4 heteroatoms. The van der Waals surface area contributed by atoms with Crippen LogP contribution in [0.5, 0.6) is 0 Å². The van der Waals surface area contributed by atoms with Crippen LogP contribution in [0.15, 0.2) is 18.2 Å². The van der Waals surface area contributed by atoms with Gasteiger partial charge in [-0.2, -0.15) is 0 Å². The lowest BCUT2D eigenvalue weighted by Gasteiger charge is -2.06. The van der Waals surface area contributed by atoms with Crippen molar-refractivity contribution in [3.63, 3.8) is 0 Å². The van der Waals surface area contributed by atoms with Gasteiger partial charge in [0.05, 0.1) is 12.2 Å². The molecule has 0 saturated carbocycles. The van der Waals surface area contributed by atoms with Crippen LogP contribution in [0.25, 0.3) is 0 Å². The first-order valence-corrected chi connectivity index (χ1v) is 5.67. The lowest BCUT2D eigenvalue weighted by molar-refractivity contribution is 0.0489. The number of hydrogen-bond donors (Lipinski definition) is 1. The van der Waals surface area contributed by atoms with Crippen molar-refractivity contribution in [3.8, 4) is 0 Å². The van der Waals surface area contributed by atoms with Gasteiger partial charge in [0.15, 0.2) is 0 Å². The standard InChI is InChI=1S/C13H19NO3/c1-10-5-6-11(9-12(10)14)13(15)17-8-4-3-7-16-2/h5-6,9H,3-4,7-8,14H2,1-2H3. The smallest absolute Gasteiger partial charge is 0.338 e. The molecule has 0 radical (unpaired) electrons. The van der Waals surface area contributed by atoms with Gasteiger partial charge in [0.1, 0.15) is 0 Å². The summed E-state index contributed by atoms with van der Waals surface area (Å²) in [5.41, 5.74) is 7.80. The summed E-state index contributed by atoms with van der Waals surface area (Å²) in [5.74, 6) is -0.325. The lowest BCUT2D eigenvalue weighted by Crippen LogP contribution is -2.08. The zero-order chi connectivity index (χ0) is 12.7. The number of carbonyl (C=O) groups excluding carboxylic acids is 1. The number of methoxy groups -OCH3 is 1. The number of rotatable bonds is 6. The molecule has 1 rings (SSSR count). The van der Waals surface area contributed by atoms with Crippen LogP contribution in [0.1, 0.15) is 28.8 Å². The largest absolute Gasteiger partial charge is 0.462 e. The number of benzene rings is 1. The quantitative estimate of drug-likeness (QED) is 0.468. The van der Waals surface area contributed by atoms with Crippen molar-refractivity contribution < 1.29 is 14.3 Å². The molecule has 1 aromatic rings. The highest BCUT2D eigenvalue weighted by Crippen LogP contribution is 2.13. The van der Waals surface area contributed by atoms with Gasteiger partial charge in [0, 0.05) is 19.4 Å². The third-order valence-electron chi connectivity index (χ3n) is 2.49. The van der Waals surface area contributed by atoms with Gasteiger partial charge in [-0.1, -0.05) is 6.07 Å². The fourth-order valence-corrected chi connectivity index (χ4v) is 1.36. The highest BCUT2D eigenvalue weighted by molar-refractivity contribution is 5.90. The van der Waals surface area contributed by atoms with Crippen LogP contribution in [0, 0.1) is 6.92 Å². The number of ether oxygens (including phenoxy) is 2. The Labute approximate surface area is 102 Å². The van der Waals surface area contributed by atoms with Gasteiger partial charge in [-0.25, -0.2) is 4.79 Å². The van der Waals surface area contributed by atoms with Crippen LogP contribution in [0.3, 0.4) is 0 Å². The summed E-state index contributed by atoms with van der Waals surface area (Å²) < 4.78 is 10.0. The summed E-state index contributed by atoms with van der Waals surface area (Å²) in [6.07, 6.45) is 1.70. The Morgan fingerprint density at radius 2 is 2.00 bits per heavy atom. The molecule has 17 heavy (non-hydrogen) atoms. The van der Waals surface area contributed by atoms with E-state index in [9.17, 15) is 4.79 Å². The highest BCUT2D eigenvalue weighted by atomic mass is 16.5. The molecule has 4 nitrogen and oxygen atoms in total. The Hall–Kier alpha value is -1.55. The molecule has 0 heterocycles. The Bertz CT molecular complexity index is 377. The monoisotopic (exact) mass is 237 g/mol. The number of carbonyl (C=O) groups is 1. The third kappa shape index (κ3) is 4.44. The number of nitrogen functional groups attached to an aromatic ring is 1. The van der Waals surface area contributed by atoms with E-state index in [0.29, 0.717) is 24.5 Å². The van der Waals surface area contributed by atoms with E-state index in [1.807, 2.05) is 13.0 Å². The van der Waals surface area contributed by atoms with Crippen LogP contribution in [-0.2, 0) is 9.47 Å². The van der Waals surface area contributed by atoms with E-state index in [1.165, 1.54) is 0 Å². The second kappa shape index (κ2) is 6.91. The highest BCUT2D eigenvalue weighted by Gasteiger charge is 2.07. The first-order valence-electron chi connectivity index (χ1n) is 5.67. The first-order chi connectivity index (χ1) is 8.15. The minimum Gasteiger partial charge on any atom is -0.462 e. The number of aryl methyl sites for hydroxylation is 1. The average molecular weight is 237 g/mol. The third-order valence-corrected chi connectivity index (χ3v) is 2.49. The maximum absolute atomic E-state index is 11.6. The van der Waals surface area contributed by atoms with Gasteiger partial charge in [-0.05, 0) is 37.5 Å². The fourth-order valence-electron chi connectivity index (χ4n) is 1.36. The summed E-state index contributed by atoms with van der Waals surface area (Å²) in [6.45, 7) is 3.00. The number of nitrogens with two attached hydrogens (primary N) is 1. The van der Waals surface area contributed by atoms with E-state index in [0.717, 1.165) is 18.4 Å². The molecular formula is C13H19NO3. The number of hydrogen-bond acceptors (Lipinski definition) is 4. The normalized spacial score (nSPS) is 10.2. The Morgan fingerprint density at radius 1 is 1.29 bits per heavy atom. The van der Waals surface area contributed by atoms with Gasteiger partial charge in [-0.3, -0.25) is 0 Å². The SMILES string of the molecule is COCCCCOC(=O)c1ccc(C)c(N)c1. The van der Waals surface area contributed by atoms with Crippen molar-refractivity contribution >= 4 is 11.7 Å². The predicted octanol–water partition coefficient (Wildman–Crippen LogP) is 2.16. The summed E-state index contributed by atoms with van der Waals surface area (Å²) in [5, 5.41) is 0. The summed E-state index contributed by atoms with van der Waals surface area (Å²) >= 11 is 0. The predicted molar refractivity (Wildman–Crippen MR) is 67.0 cm³/mol. The van der Waals surface area contributed by atoms with Gasteiger partial charge in [0.25, 0.3) is 0 Å². The Kier molecular flexibility index (Phi) is 5.49. The molecule has 2 N–H and O–H groups in total. The van der Waals surface area contributed by atoms with Gasteiger partial charge < -0.3 is 15.2 Å². The van der Waals surface area contributed by atoms with Crippen molar-refractivity contribution in [3.05, 3.63) is 29.3 Å². The molecule has 0 atom stereocenters. The molecule has 94 valence electrons. The zero-order valence-electron chi connectivity index (χ0n) is 10.4. The zero-order valence-corrected chi connectivity index (χ0v) is 10.4. The molecule has 0 spiro atoms. The van der Waals surface area contributed by atoms with Crippen LogP contribution in [0.4, 0.5) is 5.69 Å². The second-order valence-corrected chi connectivity index (χ2v) is 3.91. The Morgan fingerprint density at radius 3 is 2.65 bits per heavy atom. The molecular weight excluding hydrogens is 218 g/mol. The maximum Gasteiger partial charge on any atom is 0.338 e. The van der Waals surface area contributed by atoms with E-state index >= 15 is 0 Å². The van der Waals surface area contributed by atoms with Crippen molar-refractivity contribution in [1.29, 1.82) is 0 Å². The van der Waals surface area contributed by atoms with Crippen molar-refractivity contribution in [2.45, 2.75) is 19.8 Å². The minimum absolute atomic E-state index is 0.325. The van der Waals surface area contributed by atoms with Crippen molar-refractivity contribution in [2.24, 2.45) is 0 Å².